The van der Waals surface area contributed by atoms with Gasteiger partial charge in [-0.15, -0.1) is 0 Å². The van der Waals surface area contributed by atoms with E-state index in [1.54, 1.807) is 9.36 Å². The predicted molar refractivity (Wildman–Crippen MR) is 70.1 cm³/mol. The molecule has 0 saturated heterocycles. The fraction of sp³-hybridized carbons (Fsp3) is 0.462. The Hall–Kier alpha value is -2.11. The summed E-state index contributed by atoms with van der Waals surface area (Å²) in [4.78, 5) is 11.5. The summed E-state index contributed by atoms with van der Waals surface area (Å²) in [6.45, 7) is 7.79. The zero-order valence-electron chi connectivity index (χ0n) is 11.6. The van der Waals surface area contributed by atoms with Crippen molar-refractivity contribution in [3.8, 4) is 0 Å². The normalized spacial score (nSPS) is 12.6. The lowest BCUT2D eigenvalue weighted by Crippen LogP contribution is -2.27. The molecule has 2 aromatic heterocycles. The van der Waals surface area contributed by atoms with Crippen molar-refractivity contribution in [1.82, 2.24) is 19.6 Å². The number of aromatic nitrogens is 4. The fourth-order valence-electron chi connectivity index (χ4n) is 2.25. The van der Waals surface area contributed by atoms with Crippen molar-refractivity contribution in [2.24, 2.45) is 0 Å². The Morgan fingerprint density at radius 3 is 2.16 bits per heavy atom. The van der Waals surface area contributed by atoms with Crippen LogP contribution in [0, 0.1) is 27.7 Å². The van der Waals surface area contributed by atoms with Crippen molar-refractivity contribution >= 4 is 5.97 Å². The summed E-state index contributed by atoms with van der Waals surface area (Å²) in [7, 11) is 0. The third kappa shape index (κ3) is 2.67. The van der Waals surface area contributed by atoms with E-state index in [0.717, 1.165) is 22.8 Å². The third-order valence-corrected chi connectivity index (χ3v) is 3.07. The molecule has 2 aromatic rings. The number of rotatable bonds is 4. The van der Waals surface area contributed by atoms with Crippen molar-refractivity contribution in [1.29, 1.82) is 0 Å². The van der Waals surface area contributed by atoms with E-state index in [1.807, 2.05) is 39.8 Å². The van der Waals surface area contributed by atoms with E-state index < -0.39 is 12.0 Å². The molecule has 0 aliphatic carbocycles. The molecule has 0 spiro atoms. The summed E-state index contributed by atoms with van der Waals surface area (Å²) in [5.41, 5.74) is 3.49. The highest BCUT2D eigenvalue weighted by Crippen LogP contribution is 2.15. The topological polar surface area (TPSA) is 72.9 Å². The van der Waals surface area contributed by atoms with Crippen molar-refractivity contribution in [3.05, 3.63) is 34.9 Å². The Bertz CT molecular complexity index is 612. The van der Waals surface area contributed by atoms with Crippen LogP contribution in [0.15, 0.2) is 12.1 Å². The Morgan fingerprint density at radius 2 is 1.74 bits per heavy atom. The average molecular weight is 262 g/mol. The van der Waals surface area contributed by atoms with Crippen molar-refractivity contribution in [2.45, 2.75) is 40.3 Å². The van der Waals surface area contributed by atoms with Crippen LogP contribution in [-0.4, -0.2) is 30.6 Å². The van der Waals surface area contributed by atoms with Gasteiger partial charge in [-0.2, -0.15) is 10.2 Å². The molecule has 102 valence electrons. The first-order chi connectivity index (χ1) is 8.88. The lowest BCUT2D eigenvalue weighted by atomic mass is 10.3. The highest BCUT2D eigenvalue weighted by atomic mass is 16.4. The molecule has 0 saturated carbocycles. The van der Waals surface area contributed by atoms with Crippen LogP contribution < -0.4 is 0 Å². The second-order valence-electron chi connectivity index (χ2n) is 4.83. The van der Waals surface area contributed by atoms with Crippen LogP contribution in [0.2, 0.25) is 0 Å². The van der Waals surface area contributed by atoms with Crippen LogP contribution >= 0.6 is 0 Å². The maximum atomic E-state index is 11.5. The van der Waals surface area contributed by atoms with E-state index in [9.17, 15) is 9.90 Å². The number of carbonyl (C=O) groups is 1. The van der Waals surface area contributed by atoms with Crippen LogP contribution in [0.1, 0.15) is 28.8 Å². The Kier molecular flexibility index (Phi) is 3.42. The SMILES string of the molecule is Cc1cc(C)n(CC(C(=O)O)n2nc(C)cc2C)n1. The van der Waals surface area contributed by atoms with E-state index >= 15 is 0 Å². The molecule has 0 aliphatic rings. The van der Waals surface area contributed by atoms with Crippen LogP contribution in [0.5, 0.6) is 0 Å². The molecular formula is C13H18N4O2. The smallest absolute Gasteiger partial charge is 0.330 e. The molecule has 0 aromatic carbocycles. The van der Waals surface area contributed by atoms with Gasteiger partial charge in [-0.25, -0.2) is 4.79 Å². The zero-order valence-corrected chi connectivity index (χ0v) is 11.6. The second-order valence-corrected chi connectivity index (χ2v) is 4.83. The Balaban J connectivity index is 2.34. The van der Waals surface area contributed by atoms with Crippen LogP contribution in [0.3, 0.4) is 0 Å². The molecule has 0 radical (unpaired) electrons. The molecule has 0 amide bonds. The number of hydrogen-bond donors (Lipinski definition) is 1. The van der Waals surface area contributed by atoms with Gasteiger partial charge in [-0.1, -0.05) is 0 Å². The lowest BCUT2D eigenvalue weighted by molar-refractivity contribution is -0.141. The molecule has 0 aliphatic heterocycles. The van der Waals surface area contributed by atoms with Gasteiger partial charge in [0.05, 0.1) is 17.9 Å². The van der Waals surface area contributed by atoms with E-state index in [0.29, 0.717) is 0 Å². The minimum atomic E-state index is -0.904. The van der Waals surface area contributed by atoms with Gasteiger partial charge in [-0.05, 0) is 39.8 Å². The summed E-state index contributed by atoms with van der Waals surface area (Å²) in [6, 6.07) is 3.06. The number of aliphatic carboxylic acids is 1. The number of nitrogens with zero attached hydrogens (tertiary/aromatic N) is 4. The van der Waals surface area contributed by atoms with Gasteiger partial charge in [0.2, 0.25) is 0 Å². The van der Waals surface area contributed by atoms with E-state index in [2.05, 4.69) is 10.2 Å². The standard InChI is InChI=1S/C13H18N4O2/c1-8-5-10(3)16(14-8)7-12(13(18)19)17-11(4)6-9(2)15-17/h5-6,12H,7H2,1-4H3,(H,18,19). The van der Waals surface area contributed by atoms with Gasteiger partial charge >= 0.3 is 5.97 Å². The van der Waals surface area contributed by atoms with Gasteiger partial charge < -0.3 is 5.11 Å². The van der Waals surface area contributed by atoms with Gasteiger partial charge in [0.25, 0.3) is 0 Å². The zero-order chi connectivity index (χ0) is 14.2. The minimum absolute atomic E-state index is 0.275. The van der Waals surface area contributed by atoms with Crippen LogP contribution in [-0.2, 0) is 11.3 Å². The Labute approximate surface area is 111 Å². The number of carboxylic acid groups (broad SMARTS) is 1. The van der Waals surface area contributed by atoms with E-state index in [-0.39, 0.29) is 6.54 Å². The maximum Gasteiger partial charge on any atom is 0.330 e. The average Bonchev–Trinajstić information content (AvgIpc) is 2.77. The summed E-state index contributed by atoms with van der Waals surface area (Å²) in [5.74, 6) is -0.904. The van der Waals surface area contributed by atoms with Gasteiger partial charge in [0.1, 0.15) is 0 Å². The van der Waals surface area contributed by atoms with Crippen LogP contribution in [0.4, 0.5) is 0 Å². The predicted octanol–water partition coefficient (Wildman–Crippen LogP) is 1.64. The molecule has 19 heavy (non-hydrogen) atoms. The number of hydrogen-bond acceptors (Lipinski definition) is 3. The number of aryl methyl sites for hydroxylation is 4. The van der Waals surface area contributed by atoms with Crippen molar-refractivity contribution in [2.75, 3.05) is 0 Å². The Morgan fingerprint density at radius 1 is 1.16 bits per heavy atom. The van der Waals surface area contributed by atoms with Crippen molar-refractivity contribution in [3.63, 3.8) is 0 Å². The van der Waals surface area contributed by atoms with Crippen molar-refractivity contribution < 1.29 is 9.90 Å². The molecule has 2 rings (SSSR count). The first-order valence-corrected chi connectivity index (χ1v) is 6.15. The largest absolute Gasteiger partial charge is 0.480 e. The molecule has 1 N–H and O–H groups in total. The first kappa shape index (κ1) is 13.3. The fourth-order valence-corrected chi connectivity index (χ4v) is 2.25. The van der Waals surface area contributed by atoms with Gasteiger partial charge in [-0.3, -0.25) is 9.36 Å². The molecule has 0 fully saturated rings. The highest BCUT2D eigenvalue weighted by molar-refractivity contribution is 5.71. The van der Waals surface area contributed by atoms with E-state index in [1.165, 1.54) is 0 Å². The summed E-state index contributed by atoms with van der Waals surface area (Å²) in [5, 5.41) is 18.0. The van der Waals surface area contributed by atoms with E-state index in [4.69, 9.17) is 0 Å². The molecule has 1 atom stereocenters. The minimum Gasteiger partial charge on any atom is -0.480 e. The third-order valence-electron chi connectivity index (χ3n) is 3.07. The van der Waals surface area contributed by atoms with Gasteiger partial charge in [0, 0.05) is 11.4 Å². The quantitative estimate of drug-likeness (QED) is 0.909. The summed E-state index contributed by atoms with van der Waals surface area (Å²) in [6.07, 6.45) is 0. The lowest BCUT2D eigenvalue weighted by Gasteiger charge is -2.16. The second kappa shape index (κ2) is 4.87. The van der Waals surface area contributed by atoms with Crippen LogP contribution in [0.25, 0.3) is 0 Å². The van der Waals surface area contributed by atoms with Gasteiger partial charge in [0.15, 0.2) is 6.04 Å². The number of carboxylic acids is 1. The summed E-state index contributed by atoms with van der Waals surface area (Å²) >= 11 is 0. The maximum absolute atomic E-state index is 11.5. The molecule has 2 heterocycles. The monoisotopic (exact) mass is 262 g/mol. The molecule has 6 heteroatoms. The first-order valence-electron chi connectivity index (χ1n) is 6.15. The highest BCUT2D eigenvalue weighted by Gasteiger charge is 2.24. The molecule has 0 bridgehead atoms. The summed E-state index contributed by atoms with van der Waals surface area (Å²) < 4.78 is 3.26. The molecular weight excluding hydrogens is 244 g/mol. The molecule has 6 nitrogen and oxygen atoms in total. The molecule has 1 unspecified atom stereocenters.